The van der Waals surface area contributed by atoms with E-state index in [4.69, 9.17) is 14.2 Å². The Balaban J connectivity index is 3.24. The highest BCUT2D eigenvalue weighted by Crippen LogP contribution is 2.46. The fourth-order valence-corrected chi connectivity index (χ4v) is 4.27. The lowest BCUT2D eigenvalue weighted by molar-refractivity contribution is -0.174. The zero-order chi connectivity index (χ0) is 27.8. The maximum Gasteiger partial charge on any atom is 0.312 e. The number of carbonyl (C=O) groups is 3. The monoisotopic (exact) mass is 505 g/mol. The molecule has 2 unspecified atom stereocenters. The predicted molar refractivity (Wildman–Crippen MR) is 141 cm³/mol. The van der Waals surface area contributed by atoms with Crippen LogP contribution >= 0.6 is 0 Å². The van der Waals surface area contributed by atoms with E-state index in [9.17, 15) is 14.4 Å². The van der Waals surface area contributed by atoms with Crippen molar-refractivity contribution in [2.75, 3.05) is 27.2 Å². The molecule has 0 spiro atoms. The normalized spacial score (nSPS) is 15.5. The molecular formula is C29H47NO6. The van der Waals surface area contributed by atoms with Gasteiger partial charge >= 0.3 is 17.9 Å². The smallest absolute Gasteiger partial charge is 0.312 e. The van der Waals surface area contributed by atoms with Crippen LogP contribution in [0.15, 0.2) is 30.3 Å². The van der Waals surface area contributed by atoms with Crippen molar-refractivity contribution < 1.29 is 28.6 Å². The number of ether oxygens (including phenoxy) is 3. The lowest BCUT2D eigenvalue weighted by Gasteiger charge is -2.40. The minimum Gasteiger partial charge on any atom is -0.464 e. The fraction of sp³-hybridized carbons (Fsp3) is 0.690. The van der Waals surface area contributed by atoms with E-state index >= 15 is 0 Å². The van der Waals surface area contributed by atoms with Crippen molar-refractivity contribution in [2.24, 2.45) is 16.2 Å². The molecule has 0 aliphatic carbocycles. The van der Waals surface area contributed by atoms with Gasteiger partial charge in [-0.1, -0.05) is 37.3 Å². The van der Waals surface area contributed by atoms with Crippen LogP contribution in [0.1, 0.15) is 80.2 Å². The van der Waals surface area contributed by atoms with Crippen LogP contribution in [0.25, 0.3) is 0 Å². The average molecular weight is 506 g/mol. The average Bonchev–Trinajstić information content (AvgIpc) is 2.76. The standard InChI is InChI=1S/C29H47NO6/c1-11-28(7,25(33)36-26(2,3)4)21-29(8,24(32)35-19-22-15-13-12-14-16-22)20-27(5,6)23(31)34-18-17-30(9)10/h12-16H,11,17-21H2,1-10H3. The van der Waals surface area contributed by atoms with Crippen molar-refractivity contribution in [1.29, 1.82) is 0 Å². The first-order chi connectivity index (χ1) is 16.4. The number of benzene rings is 1. The highest BCUT2D eigenvalue weighted by Gasteiger charge is 2.50. The number of esters is 3. The maximum absolute atomic E-state index is 13.6. The van der Waals surface area contributed by atoms with Gasteiger partial charge in [0, 0.05) is 6.54 Å². The highest BCUT2D eigenvalue weighted by molar-refractivity contribution is 5.82. The molecule has 1 rings (SSSR count). The third-order valence-electron chi connectivity index (χ3n) is 6.31. The van der Waals surface area contributed by atoms with E-state index in [1.165, 1.54) is 0 Å². The van der Waals surface area contributed by atoms with E-state index in [2.05, 4.69) is 0 Å². The Kier molecular flexibility index (Phi) is 11.2. The van der Waals surface area contributed by atoms with Gasteiger partial charge < -0.3 is 19.1 Å². The Bertz CT molecular complexity index is 874. The number of likely N-dealkylation sites (N-methyl/N-ethyl adjacent to an activating group) is 1. The van der Waals surface area contributed by atoms with Crippen molar-refractivity contribution in [3.05, 3.63) is 35.9 Å². The molecule has 1 aromatic rings. The van der Waals surface area contributed by atoms with Gasteiger partial charge in [0.05, 0.1) is 16.2 Å². The molecule has 0 aliphatic heterocycles. The van der Waals surface area contributed by atoms with E-state index in [0.29, 0.717) is 13.0 Å². The number of nitrogens with zero attached hydrogens (tertiary/aromatic N) is 1. The van der Waals surface area contributed by atoms with Crippen LogP contribution in [0.3, 0.4) is 0 Å². The molecule has 0 N–H and O–H groups in total. The van der Waals surface area contributed by atoms with Crippen molar-refractivity contribution >= 4 is 17.9 Å². The Labute approximate surface area is 217 Å². The number of hydrogen-bond acceptors (Lipinski definition) is 7. The quantitative estimate of drug-likeness (QED) is 0.262. The summed E-state index contributed by atoms with van der Waals surface area (Å²) in [7, 11) is 3.81. The minimum atomic E-state index is -1.14. The second-order valence-corrected chi connectivity index (χ2v) is 12.2. The molecule has 0 heterocycles. The van der Waals surface area contributed by atoms with Crippen LogP contribution in [-0.2, 0) is 35.2 Å². The Morgan fingerprint density at radius 3 is 1.86 bits per heavy atom. The summed E-state index contributed by atoms with van der Waals surface area (Å²) in [5.41, 5.74) is -2.86. The summed E-state index contributed by atoms with van der Waals surface area (Å²) in [5, 5.41) is 0. The highest BCUT2D eigenvalue weighted by atomic mass is 16.6. The van der Waals surface area contributed by atoms with Gasteiger partial charge in [-0.25, -0.2) is 0 Å². The minimum absolute atomic E-state index is 0.109. The molecule has 0 saturated carbocycles. The summed E-state index contributed by atoms with van der Waals surface area (Å²) in [6.45, 7) is 15.5. The van der Waals surface area contributed by atoms with Gasteiger partial charge in [0.2, 0.25) is 0 Å². The van der Waals surface area contributed by atoms with Gasteiger partial charge in [-0.05, 0) is 87.4 Å². The molecule has 0 radical (unpaired) electrons. The second-order valence-electron chi connectivity index (χ2n) is 12.2. The largest absolute Gasteiger partial charge is 0.464 e. The van der Waals surface area contributed by atoms with Crippen LogP contribution in [0.5, 0.6) is 0 Å². The Morgan fingerprint density at radius 1 is 0.778 bits per heavy atom. The zero-order valence-corrected chi connectivity index (χ0v) is 24.0. The van der Waals surface area contributed by atoms with E-state index < -0.39 is 27.8 Å². The molecule has 7 heteroatoms. The summed E-state index contributed by atoms with van der Waals surface area (Å²) in [6.07, 6.45) is 0.803. The summed E-state index contributed by atoms with van der Waals surface area (Å²) in [4.78, 5) is 41.8. The van der Waals surface area contributed by atoms with Crippen molar-refractivity contribution in [3.8, 4) is 0 Å². The first-order valence-corrected chi connectivity index (χ1v) is 12.7. The summed E-state index contributed by atoms with van der Waals surface area (Å²) in [5.74, 6) is -1.21. The predicted octanol–water partition coefficient (Wildman–Crippen LogP) is 5.41. The second kappa shape index (κ2) is 12.7. The molecule has 0 saturated heterocycles. The molecule has 0 aliphatic rings. The number of rotatable bonds is 13. The third kappa shape index (κ3) is 9.92. The van der Waals surface area contributed by atoms with Crippen LogP contribution in [0.2, 0.25) is 0 Å². The molecule has 0 fully saturated rings. The molecule has 0 aromatic heterocycles. The molecule has 2 atom stereocenters. The topological polar surface area (TPSA) is 82.1 Å². The lowest BCUT2D eigenvalue weighted by Crippen LogP contribution is -2.45. The van der Waals surface area contributed by atoms with Gasteiger partial charge in [-0.2, -0.15) is 0 Å². The zero-order valence-electron chi connectivity index (χ0n) is 24.0. The van der Waals surface area contributed by atoms with Crippen LogP contribution < -0.4 is 0 Å². The van der Waals surface area contributed by atoms with E-state index in [1.54, 1.807) is 20.8 Å². The maximum atomic E-state index is 13.6. The van der Waals surface area contributed by atoms with E-state index in [0.717, 1.165) is 5.56 Å². The van der Waals surface area contributed by atoms with E-state index in [-0.39, 0.29) is 38.0 Å². The molecule has 0 amide bonds. The van der Waals surface area contributed by atoms with Crippen LogP contribution in [0.4, 0.5) is 0 Å². The van der Waals surface area contributed by atoms with Crippen LogP contribution in [-0.4, -0.2) is 55.7 Å². The summed E-state index contributed by atoms with van der Waals surface area (Å²) >= 11 is 0. The molecular weight excluding hydrogens is 458 g/mol. The molecule has 1 aromatic carbocycles. The first kappa shape index (κ1) is 31.6. The van der Waals surface area contributed by atoms with Gasteiger partial charge in [0.1, 0.15) is 18.8 Å². The van der Waals surface area contributed by atoms with E-state index in [1.807, 2.05) is 83.9 Å². The fourth-order valence-electron chi connectivity index (χ4n) is 4.27. The van der Waals surface area contributed by atoms with Crippen molar-refractivity contribution in [2.45, 2.75) is 86.9 Å². The molecule has 204 valence electrons. The molecule has 0 bridgehead atoms. The lowest BCUT2D eigenvalue weighted by atomic mass is 9.65. The van der Waals surface area contributed by atoms with Crippen molar-refractivity contribution in [1.82, 2.24) is 4.90 Å². The first-order valence-electron chi connectivity index (χ1n) is 12.7. The van der Waals surface area contributed by atoms with Gasteiger partial charge in [-0.3, -0.25) is 14.4 Å². The molecule has 7 nitrogen and oxygen atoms in total. The van der Waals surface area contributed by atoms with Crippen molar-refractivity contribution in [3.63, 3.8) is 0 Å². The van der Waals surface area contributed by atoms with Gasteiger partial charge in [-0.15, -0.1) is 0 Å². The third-order valence-corrected chi connectivity index (χ3v) is 6.31. The Morgan fingerprint density at radius 2 is 1.36 bits per heavy atom. The molecule has 36 heavy (non-hydrogen) atoms. The summed E-state index contributed by atoms with van der Waals surface area (Å²) in [6, 6.07) is 9.42. The summed E-state index contributed by atoms with van der Waals surface area (Å²) < 4.78 is 17.0. The number of hydrogen-bond donors (Lipinski definition) is 0. The Hall–Kier alpha value is -2.41. The SMILES string of the molecule is CCC(C)(CC(C)(CC(C)(C)C(=O)OCCN(C)C)C(=O)OCc1ccccc1)C(=O)OC(C)(C)C. The van der Waals surface area contributed by atoms with Gasteiger partial charge in [0.25, 0.3) is 0 Å². The number of carbonyl (C=O) groups excluding carboxylic acids is 3. The van der Waals surface area contributed by atoms with Crippen LogP contribution in [0, 0.1) is 16.2 Å². The van der Waals surface area contributed by atoms with Gasteiger partial charge in [0.15, 0.2) is 0 Å².